The van der Waals surface area contributed by atoms with Gasteiger partial charge in [0.05, 0.1) is 5.69 Å². The maximum atomic E-state index is 5.83. The number of thiazole rings is 1. The van der Waals surface area contributed by atoms with Crippen molar-refractivity contribution in [2.75, 3.05) is 5.73 Å². The molecule has 0 saturated heterocycles. The molecule has 0 aliphatic carbocycles. The number of anilines is 1. The van der Waals surface area contributed by atoms with Crippen molar-refractivity contribution in [2.24, 2.45) is 0 Å². The first kappa shape index (κ1) is 13.1. The van der Waals surface area contributed by atoms with E-state index >= 15 is 0 Å². The fourth-order valence-electron chi connectivity index (χ4n) is 2.11. The average molecular weight is 260 g/mol. The van der Waals surface area contributed by atoms with Gasteiger partial charge in [-0.2, -0.15) is 0 Å². The Hall–Kier alpha value is -1.35. The second-order valence-corrected chi connectivity index (χ2v) is 5.98. The molecule has 0 atom stereocenters. The Labute approximate surface area is 113 Å². The molecule has 0 saturated carbocycles. The van der Waals surface area contributed by atoms with Gasteiger partial charge in [-0.1, -0.05) is 45.0 Å². The summed E-state index contributed by atoms with van der Waals surface area (Å²) in [4.78, 5) is 5.75. The van der Waals surface area contributed by atoms with Crippen molar-refractivity contribution in [1.82, 2.24) is 4.98 Å². The minimum Gasteiger partial charge on any atom is -0.375 e. The number of hydrogen-bond donors (Lipinski definition) is 1. The van der Waals surface area contributed by atoms with E-state index in [4.69, 9.17) is 5.73 Å². The molecule has 1 aromatic heterocycles. The van der Waals surface area contributed by atoms with Crippen LogP contribution in [-0.4, -0.2) is 4.98 Å². The normalized spacial score (nSPS) is 11.1. The summed E-state index contributed by atoms with van der Waals surface area (Å²) in [6.07, 6.45) is 2.02. The molecule has 2 N–H and O–H groups in total. The molecule has 2 aromatic rings. The van der Waals surface area contributed by atoms with Crippen molar-refractivity contribution < 1.29 is 0 Å². The van der Waals surface area contributed by atoms with Gasteiger partial charge in [0.15, 0.2) is 5.13 Å². The molecule has 96 valence electrons. The number of hydrogen-bond acceptors (Lipinski definition) is 3. The molecular weight excluding hydrogens is 240 g/mol. The van der Waals surface area contributed by atoms with Crippen LogP contribution in [-0.2, 0) is 12.8 Å². The first-order chi connectivity index (χ1) is 8.60. The molecule has 0 unspecified atom stereocenters. The molecule has 0 aliphatic rings. The second-order valence-electron chi connectivity index (χ2n) is 4.87. The van der Waals surface area contributed by atoms with Gasteiger partial charge in [-0.25, -0.2) is 4.98 Å². The van der Waals surface area contributed by atoms with Gasteiger partial charge in [-0.05, 0) is 23.5 Å². The van der Waals surface area contributed by atoms with Crippen LogP contribution in [0.25, 0.3) is 0 Å². The summed E-state index contributed by atoms with van der Waals surface area (Å²) in [5.41, 5.74) is 9.72. The maximum absolute atomic E-state index is 5.83. The highest BCUT2D eigenvalue weighted by Crippen LogP contribution is 2.28. The van der Waals surface area contributed by atoms with E-state index in [1.807, 2.05) is 0 Å². The summed E-state index contributed by atoms with van der Waals surface area (Å²) in [6, 6.07) is 8.76. The Morgan fingerprint density at radius 2 is 2.00 bits per heavy atom. The van der Waals surface area contributed by atoms with Crippen LogP contribution in [0, 0.1) is 0 Å². The molecule has 0 spiro atoms. The van der Waals surface area contributed by atoms with Crippen molar-refractivity contribution in [2.45, 2.75) is 39.5 Å². The van der Waals surface area contributed by atoms with Crippen LogP contribution in [0.3, 0.4) is 0 Å². The first-order valence-electron chi connectivity index (χ1n) is 6.43. The summed E-state index contributed by atoms with van der Waals surface area (Å²) in [5.74, 6) is 0.433. The van der Waals surface area contributed by atoms with E-state index in [2.05, 4.69) is 50.0 Å². The zero-order valence-electron chi connectivity index (χ0n) is 11.2. The molecule has 3 heteroatoms. The van der Waals surface area contributed by atoms with E-state index in [1.165, 1.54) is 16.0 Å². The Morgan fingerprint density at radius 3 is 2.67 bits per heavy atom. The number of nitrogens with zero attached hydrogens (tertiary/aromatic N) is 1. The van der Waals surface area contributed by atoms with Crippen molar-refractivity contribution in [3.63, 3.8) is 0 Å². The van der Waals surface area contributed by atoms with Gasteiger partial charge in [-0.15, -0.1) is 11.3 Å². The van der Waals surface area contributed by atoms with Gasteiger partial charge in [0.25, 0.3) is 0 Å². The first-order valence-corrected chi connectivity index (χ1v) is 7.24. The topological polar surface area (TPSA) is 38.9 Å². The van der Waals surface area contributed by atoms with Crippen molar-refractivity contribution in [3.8, 4) is 0 Å². The van der Waals surface area contributed by atoms with Crippen molar-refractivity contribution >= 4 is 16.5 Å². The Kier molecular flexibility index (Phi) is 4.02. The summed E-state index contributed by atoms with van der Waals surface area (Å²) >= 11 is 1.62. The highest BCUT2D eigenvalue weighted by atomic mass is 32.1. The molecular formula is C15H20N2S. The third-order valence-corrected chi connectivity index (χ3v) is 3.96. The van der Waals surface area contributed by atoms with Crippen LogP contribution in [0.5, 0.6) is 0 Å². The van der Waals surface area contributed by atoms with Crippen molar-refractivity contribution in [1.29, 1.82) is 0 Å². The molecule has 0 bridgehead atoms. The Morgan fingerprint density at radius 1 is 1.28 bits per heavy atom. The van der Waals surface area contributed by atoms with Crippen LogP contribution < -0.4 is 5.73 Å². The second kappa shape index (κ2) is 5.53. The molecule has 1 heterocycles. The standard InChI is InChI=1S/C15H20N2S/c1-4-11-6-5-7-12(8-11)9-13-14(10(2)3)17-15(16)18-13/h5-8,10H,4,9H2,1-3H3,(H2,16,17). The lowest BCUT2D eigenvalue weighted by molar-refractivity contribution is 0.820. The van der Waals surface area contributed by atoms with Gasteiger partial charge in [0.1, 0.15) is 0 Å². The van der Waals surface area contributed by atoms with E-state index < -0.39 is 0 Å². The Bertz CT molecular complexity index is 529. The zero-order valence-corrected chi connectivity index (χ0v) is 12.1. The highest BCUT2D eigenvalue weighted by Gasteiger charge is 2.13. The van der Waals surface area contributed by atoms with Gasteiger partial charge in [-0.3, -0.25) is 0 Å². The molecule has 2 rings (SSSR count). The molecule has 0 fully saturated rings. The lowest BCUT2D eigenvalue weighted by atomic mass is 10.0. The van der Waals surface area contributed by atoms with Crippen LogP contribution in [0.1, 0.15) is 48.4 Å². The molecule has 0 aliphatic heterocycles. The van der Waals surface area contributed by atoms with Crippen LogP contribution in [0.4, 0.5) is 5.13 Å². The minimum atomic E-state index is 0.433. The van der Waals surface area contributed by atoms with Crippen LogP contribution in [0.2, 0.25) is 0 Å². The number of aryl methyl sites for hydroxylation is 1. The van der Waals surface area contributed by atoms with Gasteiger partial charge >= 0.3 is 0 Å². The average Bonchev–Trinajstić information content (AvgIpc) is 2.70. The van der Waals surface area contributed by atoms with E-state index in [9.17, 15) is 0 Å². The molecule has 0 radical (unpaired) electrons. The summed E-state index contributed by atoms with van der Waals surface area (Å²) < 4.78 is 0. The lowest BCUT2D eigenvalue weighted by Crippen LogP contribution is -1.96. The SMILES string of the molecule is CCc1cccc(Cc2sc(N)nc2C(C)C)c1. The highest BCUT2D eigenvalue weighted by molar-refractivity contribution is 7.15. The quantitative estimate of drug-likeness (QED) is 0.902. The molecule has 18 heavy (non-hydrogen) atoms. The van der Waals surface area contributed by atoms with Gasteiger partial charge in [0.2, 0.25) is 0 Å². The van der Waals surface area contributed by atoms with E-state index in [0.29, 0.717) is 11.0 Å². The maximum Gasteiger partial charge on any atom is 0.180 e. The third kappa shape index (κ3) is 2.91. The fraction of sp³-hybridized carbons (Fsp3) is 0.400. The van der Waals surface area contributed by atoms with Crippen molar-refractivity contribution in [3.05, 3.63) is 46.0 Å². The third-order valence-electron chi connectivity index (χ3n) is 3.06. The van der Waals surface area contributed by atoms with E-state index in [-0.39, 0.29) is 0 Å². The van der Waals surface area contributed by atoms with Crippen LogP contribution >= 0.6 is 11.3 Å². The predicted molar refractivity (Wildman–Crippen MR) is 79.2 cm³/mol. The smallest absolute Gasteiger partial charge is 0.180 e. The van der Waals surface area contributed by atoms with Gasteiger partial charge < -0.3 is 5.73 Å². The van der Waals surface area contributed by atoms with E-state index in [1.54, 1.807) is 11.3 Å². The monoisotopic (exact) mass is 260 g/mol. The molecule has 2 nitrogen and oxygen atoms in total. The largest absolute Gasteiger partial charge is 0.375 e. The number of nitrogens with two attached hydrogens (primary N) is 1. The van der Waals surface area contributed by atoms with Gasteiger partial charge in [0, 0.05) is 11.3 Å². The summed E-state index contributed by atoms with van der Waals surface area (Å²) in [7, 11) is 0. The summed E-state index contributed by atoms with van der Waals surface area (Å²) in [5, 5.41) is 0.681. The lowest BCUT2D eigenvalue weighted by Gasteiger charge is -2.06. The number of aromatic nitrogens is 1. The molecule has 0 amide bonds. The summed E-state index contributed by atoms with van der Waals surface area (Å²) in [6.45, 7) is 6.52. The number of rotatable bonds is 4. The minimum absolute atomic E-state index is 0.433. The molecule has 1 aromatic carbocycles. The number of benzene rings is 1. The number of nitrogen functional groups attached to an aromatic ring is 1. The van der Waals surface area contributed by atoms with E-state index in [0.717, 1.165) is 18.5 Å². The predicted octanol–water partition coefficient (Wildman–Crippen LogP) is 4.00. The fourth-order valence-corrected chi connectivity index (χ4v) is 3.13. The Balaban J connectivity index is 2.27. The van der Waals surface area contributed by atoms with Crippen LogP contribution in [0.15, 0.2) is 24.3 Å². The zero-order chi connectivity index (χ0) is 13.1.